The molecule has 1 amide bonds. The molecule has 1 heterocycles. The Hall–Kier alpha value is -0.570. The SMILES string of the molecule is CC1(C)CCCC1NC1CCCNC1=O. The molecule has 0 aromatic heterocycles. The van der Waals surface area contributed by atoms with Crippen molar-refractivity contribution in [1.82, 2.24) is 10.6 Å². The summed E-state index contributed by atoms with van der Waals surface area (Å²) in [5.74, 6) is 0.198. The summed E-state index contributed by atoms with van der Waals surface area (Å²) >= 11 is 0. The van der Waals surface area contributed by atoms with Crippen LogP contribution in [0.5, 0.6) is 0 Å². The average Bonchev–Trinajstić information content (AvgIpc) is 2.50. The predicted molar refractivity (Wildman–Crippen MR) is 60.6 cm³/mol. The van der Waals surface area contributed by atoms with Crippen molar-refractivity contribution in [1.29, 1.82) is 0 Å². The minimum atomic E-state index is 0.0566. The largest absolute Gasteiger partial charge is 0.355 e. The van der Waals surface area contributed by atoms with Crippen LogP contribution in [-0.4, -0.2) is 24.5 Å². The first kappa shape index (κ1) is 10.9. The Morgan fingerprint density at radius 2 is 2.13 bits per heavy atom. The molecule has 2 fully saturated rings. The van der Waals surface area contributed by atoms with Gasteiger partial charge in [-0.05, 0) is 31.1 Å². The zero-order valence-corrected chi connectivity index (χ0v) is 9.81. The fourth-order valence-electron chi connectivity index (χ4n) is 2.81. The molecule has 0 bridgehead atoms. The van der Waals surface area contributed by atoms with Gasteiger partial charge in [-0.1, -0.05) is 20.3 Å². The highest BCUT2D eigenvalue weighted by Gasteiger charge is 2.37. The van der Waals surface area contributed by atoms with Gasteiger partial charge in [0, 0.05) is 12.6 Å². The second-order valence-electron chi connectivity index (χ2n) is 5.59. The van der Waals surface area contributed by atoms with Gasteiger partial charge in [0.15, 0.2) is 0 Å². The van der Waals surface area contributed by atoms with E-state index in [4.69, 9.17) is 0 Å². The molecule has 1 saturated carbocycles. The summed E-state index contributed by atoms with van der Waals surface area (Å²) in [7, 11) is 0. The number of nitrogens with one attached hydrogen (secondary N) is 2. The fourth-order valence-corrected chi connectivity index (χ4v) is 2.81. The summed E-state index contributed by atoms with van der Waals surface area (Å²) in [6, 6.07) is 0.576. The van der Waals surface area contributed by atoms with Crippen molar-refractivity contribution in [2.45, 2.75) is 58.0 Å². The van der Waals surface area contributed by atoms with Gasteiger partial charge in [-0.2, -0.15) is 0 Å². The molecule has 1 aliphatic heterocycles. The van der Waals surface area contributed by atoms with Gasteiger partial charge in [0.05, 0.1) is 6.04 Å². The maximum absolute atomic E-state index is 11.6. The molecule has 15 heavy (non-hydrogen) atoms. The van der Waals surface area contributed by atoms with Gasteiger partial charge < -0.3 is 10.6 Å². The van der Waals surface area contributed by atoms with Gasteiger partial charge in [0.25, 0.3) is 0 Å². The molecular formula is C12H22N2O. The smallest absolute Gasteiger partial charge is 0.237 e. The van der Waals surface area contributed by atoms with Gasteiger partial charge in [-0.3, -0.25) is 4.79 Å². The van der Waals surface area contributed by atoms with E-state index in [9.17, 15) is 4.79 Å². The van der Waals surface area contributed by atoms with Crippen LogP contribution in [0.15, 0.2) is 0 Å². The third-order valence-electron chi connectivity index (χ3n) is 3.94. The lowest BCUT2D eigenvalue weighted by Crippen LogP contribution is -2.53. The number of hydrogen-bond acceptors (Lipinski definition) is 2. The third kappa shape index (κ3) is 2.33. The molecule has 1 saturated heterocycles. The summed E-state index contributed by atoms with van der Waals surface area (Å²) in [6.45, 7) is 5.46. The van der Waals surface area contributed by atoms with E-state index in [1.165, 1.54) is 19.3 Å². The quantitative estimate of drug-likeness (QED) is 0.724. The molecule has 2 unspecified atom stereocenters. The van der Waals surface area contributed by atoms with Crippen LogP contribution >= 0.6 is 0 Å². The van der Waals surface area contributed by atoms with Crippen molar-refractivity contribution in [2.24, 2.45) is 5.41 Å². The molecule has 0 spiro atoms. The molecule has 86 valence electrons. The van der Waals surface area contributed by atoms with Gasteiger partial charge in [0.2, 0.25) is 5.91 Å². The lowest BCUT2D eigenvalue weighted by atomic mass is 9.86. The van der Waals surface area contributed by atoms with E-state index in [1.54, 1.807) is 0 Å². The number of rotatable bonds is 2. The number of carbonyl (C=O) groups excluding carboxylic acids is 1. The van der Waals surface area contributed by atoms with Gasteiger partial charge in [0.1, 0.15) is 0 Å². The maximum Gasteiger partial charge on any atom is 0.237 e. The fraction of sp³-hybridized carbons (Fsp3) is 0.917. The number of amides is 1. The third-order valence-corrected chi connectivity index (χ3v) is 3.94. The van der Waals surface area contributed by atoms with E-state index < -0.39 is 0 Å². The lowest BCUT2D eigenvalue weighted by Gasteiger charge is -2.33. The van der Waals surface area contributed by atoms with Crippen LogP contribution in [0.2, 0.25) is 0 Å². The molecule has 2 rings (SSSR count). The monoisotopic (exact) mass is 210 g/mol. The zero-order valence-electron chi connectivity index (χ0n) is 9.81. The highest BCUT2D eigenvalue weighted by atomic mass is 16.2. The summed E-state index contributed by atoms with van der Waals surface area (Å²) in [5.41, 5.74) is 0.359. The van der Waals surface area contributed by atoms with Crippen LogP contribution < -0.4 is 10.6 Å². The highest BCUT2D eigenvalue weighted by Crippen LogP contribution is 2.37. The van der Waals surface area contributed by atoms with Gasteiger partial charge >= 0.3 is 0 Å². The van der Waals surface area contributed by atoms with Crippen LogP contribution in [0, 0.1) is 5.41 Å². The Morgan fingerprint density at radius 1 is 1.33 bits per heavy atom. The van der Waals surface area contributed by atoms with Crippen LogP contribution in [0.4, 0.5) is 0 Å². The maximum atomic E-state index is 11.6. The van der Waals surface area contributed by atoms with Crippen molar-refractivity contribution >= 4 is 5.91 Å². The zero-order chi connectivity index (χ0) is 10.9. The number of piperidine rings is 1. The van der Waals surface area contributed by atoms with Crippen LogP contribution in [0.25, 0.3) is 0 Å². The first-order valence-electron chi connectivity index (χ1n) is 6.13. The molecule has 0 radical (unpaired) electrons. The highest BCUT2D eigenvalue weighted by molar-refractivity contribution is 5.82. The minimum absolute atomic E-state index is 0.0566. The van der Waals surface area contributed by atoms with Crippen LogP contribution in [0.3, 0.4) is 0 Å². The second kappa shape index (κ2) is 4.12. The molecular weight excluding hydrogens is 188 g/mol. The Labute approximate surface area is 92.0 Å². The second-order valence-corrected chi connectivity index (χ2v) is 5.59. The Balaban J connectivity index is 1.93. The normalized spacial score (nSPS) is 35.2. The lowest BCUT2D eigenvalue weighted by molar-refractivity contribution is -0.124. The van der Waals surface area contributed by atoms with Crippen molar-refractivity contribution in [2.75, 3.05) is 6.54 Å². The van der Waals surface area contributed by atoms with Crippen molar-refractivity contribution < 1.29 is 4.79 Å². The predicted octanol–water partition coefficient (Wildman–Crippen LogP) is 1.43. The standard InChI is InChI=1S/C12H22N2O/c1-12(2)7-3-6-10(12)14-9-5-4-8-13-11(9)15/h9-10,14H,3-8H2,1-2H3,(H,13,15). The first-order chi connectivity index (χ1) is 7.09. The van der Waals surface area contributed by atoms with E-state index in [-0.39, 0.29) is 11.9 Å². The van der Waals surface area contributed by atoms with Crippen molar-refractivity contribution in [3.8, 4) is 0 Å². The molecule has 2 atom stereocenters. The Morgan fingerprint density at radius 3 is 2.73 bits per heavy atom. The molecule has 1 aliphatic carbocycles. The van der Waals surface area contributed by atoms with Gasteiger partial charge in [-0.15, -0.1) is 0 Å². The van der Waals surface area contributed by atoms with Gasteiger partial charge in [-0.25, -0.2) is 0 Å². The minimum Gasteiger partial charge on any atom is -0.355 e. The molecule has 0 aromatic carbocycles. The average molecular weight is 210 g/mol. The molecule has 3 heteroatoms. The number of carbonyl (C=O) groups is 1. The van der Waals surface area contributed by atoms with E-state index >= 15 is 0 Å². The Bertz CT molecular complexity index is 250. The topological polar surface area (TPSA) is 41.1 Å². The Kier molecular flexibility index (Phi) is 3.01. The molecule has 2 aliphatic rings. The number of hydrogen-bond donors (Lipinski definition) is 2. The van der Waals surface area contributed by atoms with E-state index in [0.717, 1.165) is 19.4 Å². The first-order valence-corrected chi connectivity index (χ1v) is 6.13. The summed E-state index contributed by atoms with van der Waals surface area (Å²) in [6.07, 6.45) is 5.89. The molecule has 3 nitrogen and oxygen atoms in total. The van der Waals surface area contributed by atoms with E-state index in [1.807, 2.05) is 0 Å². The van der Waals surface area contributed by atoms with Crippen LogP contribution in [-0.2, 0) is 4.79 Å². The summed E-state index contributed by atoms with van der Waals surface area (Å²) in [4.78, 5) is 11.6. The summed E-state index contributed by atoms with van der Waals surface area (Å²) in [5, 5.41) is 6.48. The summed E-state index contributed by atoms with van der Waals surface area (Å²) < 4.78 is 0. The molecule has 0 aromatic rings. The van der Waals surface area contributed by atoms with E-state index in [0.29, 0.717) is 11.5 Å². The van der Waals surface area contributed by atoms with E-state index in [2.05, 4.69) is 24.5 Å². The van der Waals surface area contributed by atoms with Crippen LogP contribution in [0.1, 0.15) is 46.0 Å². The molecule has 2 N–H and O–H groups in total. The van der Waals surface area contributed by atoms with Crippen molar-refractivity contribution in [3.63, 3.8) is 0 Å². The van der Waals surface area contributed by atoms with Crippen molar-refractivity contribution in [3.05, 3.63) is 0 Å².